The first-order valence-corrected chi connectivity index (χ1v) is 12.5. The normalized spacial score (nSPS) is 16.2. The molecule has 2 atom stereocenters. The van der Waals surface area contributed by atoms with E-state index in [1.54, 1.807) is 4.90 Å². The van der Waals surface area contributed by atoms with Crippen LogP contribution in [-0.2, 0) is 43.3 Å². The molecule has 2 rings (SSSR count). The summed E-state index contributed by atoms with van der Waals surface area (Å²) in [4.78, 5) is 27.1. The first-order chi connectivity index (χ1) is 12.3. The number of hydrogen-bond acceptors (Lipinski definition) is 6. The van der Waals surface area contributed by atoms with Gasteiger partial charge in [0.25, 0.3) is 0 Å². The van der Waals surface area contributed by atoms with Crippen molar-refractivity contribution in [2.75, 3.05) is 12.3 Å². The smallest absolute Gasteiger partial charge is 0.798 e. The maximum absolute atomic E-state index is 12.7. The van der Waals surface area contributed by atoms with Crippen LogP contribution in [0.25, 0.3) is 0 Å². The first-order valence-electron chi connectivity index (χ1n) is 8.71. The molecule has 0 aromatic heterocycles. The van der Waals surface area contributed by atoms with Gasteiger partial charge in [0.2, 0.25) is 0 Å². The number of hydrogen-bond donors (Lipinski definition) is 1. The van der Waals surface area contributed by atoms with Crippen LogP contribution in [0.3, 0.4) is 0 Å². The molecule has 2 aromatic carbocycles. The van der Waals surface area contributed by atoms with Crippen molar-refractivity contribution >= 4 is 14.7 Å². The molecule has 0 saturated carbocycles. The summed E-state index contributed by atoms with van der Waals surface area (Å²) < 4.78 is 25.5. The van der Waals surface area contributed by atoms with E-state index >= 15 is 0 Å². The van der Waals surface area contributed by atoms with Crippen molar-refractivity contribution in [1.82, 2.24) is 11.1 Å². The van der Waals surface area contributed by atoms with Crippen LogP contribution in [-0.4, -0.2) is 22.7 Å². The van der Waals surface area contributed by atoms with Gasteiger partial charge in [0.1, 0.15) is 0 Å². The van der Waals surface area contributed by atoms with Crippen LogP contribution in [0.5, 0.6) is 0 Å². The fourth-order valence-corrected chi connectivity index (χ4v) is 8.05. The van der Waals surface area contributed by atoms with E-state index in [0.29, 0.717) is 0 Å². The van der Waals surface area contributed by atoms with E-state index in [-0.39, 0.29) is 52.6 Å². The van der Waals surface area contributed by atoms with Crippen LogP contribution in [0.2, 0.25) is 0 Å². The molecule has 0 aliphatic carbocycles. The number of rotatable bonds is 9. The number of benzene rings is 2. The first kappa shape index (κ1) is 27.4. The van der Waals surface area contributed by atoms with Crippen molar-refractivity contribution in [1.29, 1.82) is 0 Å². The third-order valence-corrected chi connectivity index (χ3v) is 10.3. The van der Waals surface area contributed by atoms with Crippen molar-refractivity contribution in [3.8, 4) is 0 Å². The third kappa shape index (κ3) is 7.35. The van der Waals surface area contributed by atoms with Crippen LogP contribution >= 0.6 is 14.7 Å². The van der Waals surface area contributed by atoms with E-state index in [2.05, 4.69) is 0 Å². The van der Waals surface area contributed by atoms with Crippen LogP contribution in [0, 0.1) is 0 Å². The van der Waals surface area contributed by atoms with Gasteiger partial charge >= 0.3 is 21.1 Å². The Morgan fingerprint density at radius 2 is 1.11 bits per heavy atom. The van der Waals surface area contributed by atoms with Crippen molar-refractivity contribution in [2.45, 2.75) is 32.5 Å². The van der Waals surface area contributed by atoms with Crippen LogP contribution in [0.4, 0.5) is 0 Å². The Hall–Kier alpha value is -0.572. The van der Waals surface area contributed by atoms with E-state index in [1.807, 2.05) is 60.7 Å². The summed E-state index contributed by atoms with van der Waals surface area (Å²) in [6.45, 7) is 3.50. The molecule has 0 amide bonds. The Labute approximate surface area is 182 Å². The summed E-state index contributed by atoms with van der Waals surface area (Å²) in [5.74, 6) is 0. The molecule has 28 heavy (non-hydrogen) atoms. The van der Waals surface area contributed by atoms with Gasteiger partial charge in [-0.25, -0.2) is 0 Å². The summed E-state index contributed by atoms with van der Waals surface area (Å²) in [5.41, 5.74) is 0.256. The summed E-state index contributed by atoms with van der Waals surface area (Å²) in [5, 5.41) is 0. The van der Waals surface area contributed by atoms with Crippen molar-refractivity contribution in [2.24, 2.45) is 0 Å². The van der Waals surface area contributed by atoms with Crippen LogP contribution < -0.4 is 15.9 Å². The fourth-order valence-electron chi connectivity index (χ4n) is 2.95. The molecular formula is C19H28N2O4P2Pt. The Bertz CT molecular complexity index is 728. The molecule has 0 radical (unpaired) electrons. The van der Waals surface area contributed by atoms with E-state index in [0.717, 1.165) is 11.1 Å². The molecule has 6 nitrogen and oxygen atoms in total. The van der Waals surface area contributed by atoms with Gasteiger partial charge in [0.05, 0.1) is 5.52 Å². The third-order valence-electron chi connectivity index (χ3n) is 4.37. The summed E-state index contributed by atoms with van der Waals surface area (Å²) >= 11 is 0. The Morgan fingerprint density at radius 3 is 1.39 bits per heavy atom. The van der Waals surface area contributed by atoms with Gasteiger partial charge in [0, 0.05) is 27.8 Å². The molecule has 0 aliphatic rings. The predicted molar refractivity (Wildman–Crippen MR) is 107 cm³/mol. The predicted octanol–water partition coefficient (Wildman–Crippen LogP) is 3.45. The maximum Gasteiger partial charge on any atom is 2.00 e. The zero-order chi connectivity index (χ0) is 19.2. The Morgan fingerprint density at radius 1 is 0.786 bits per heavy atom. The second-order valence-corrected chi connectivity index (χ2v) is 11.9. The van der Waals surface area contributed by atoms with Crippen molar-refractivity contribution < 1.29 is 40.0 Å². The molecule has 0 bridgehead atoms. The van der Waals surface area contributed by atoms with Gasteiger partial charge in [-0.3, -0.25) is 4.90 Å². The van der Waals surface area contributed by atoms with Gasteiger partial charge < -0.3 is 25.1 Å². The second-order valence-electron chi connectivity index (χ2n) is 6.31. The van der Waals surface area contributed by atoms with E-state index in [4.69, 9.17) is 0 Å². The van der Waals surface area contributed by atoms with E-state index in [9.17, 15) is 18.9 Å². The summed E-state index contributed by atoms with van der Waals surface area (Å²) in [6, 6.07) is 18.7. The van der Waals surface area contributed by atoms with Crippen molar-refractivity contribution in [3.05, 3.63) is 71.8 Å². The molecular weight excluding hydrogens is 577 g/mol. The molecule has 9 heteroatoms. The van der Waals surface area contributed by atoms with Crippen LogP contribution in [0.1, 0.15) is 25.0 Å². The quantitative estimate of drug-likeness (QED) is 0.438. The molecule has 0 heterocycles. The van der Waals surface area contributed by atoms with Crippen molar-refractivity contribution in [3.63, 3.8) is 0 Å². The molecule has 0 saturated heterocycles. The average Bonchev–Trinajstić information content (AvgIpc) is 2.63. The van der Waals surface area contributed by atoms with Gasteiger partial charge in [-0.1, -0.05) is 74.5 Å². The minimum atomic E-state index is -4.15. The Kier molecular flexibility index (Phi) is 11.9. The average molecular weight is 605 g/mol. The summed E-state index contributed by atoms with van der Waals surface area (Å²) in [7, 11) is -8.30. The zero-order valence-corrected chi connectivity index (χ0v) is 20.2. The SMILES string of the molecule is CCP(=O)([O-])C(N(Cc1ccccc1)Cc1ccccc1)P(=O)([O-])CC.N.[Pt+2]. The number of nitrogens with zero attached hydrogens (tertiary/aromatic N) is 1. The van der Waals surface area contributed by atoms with Gasteiger partial charge in [0.15, 0.2) is 0 Å². The molecule has 2 unspecified atom stereocenters. The van der Waals surface area contributed by atoms with Crippen LogP contribution in [0.15, 0.2) is 60.7 Å². The molecule has 2 aromatic rings. The standard InChI is InChI=1S/C19H27NO4P2.H3N.Pt/c1-3-25(21,22)19(26(23,24)4-2)20(15-17-11-7-5-8-12-17)16-18-13-9-6-10-14-18;;/h5-14,19H,3-4,15-16H2,1-2H3,(H,21,22)(H,23,24);1H3;/q;;+2/p-2. The topological polar surface area (TPSA) is 118 Å². The maximum atomic E-state index is 12.7. The zero-order valence-electron chi connectivity index (χ0n) is 16.2. The molecule has 0 fully saturated rings. The molecule has 0 aliphatic heterocycles. The second kappa shape index (κ2) is 12.2. The van der Waals surface area contributed by atoms with E-state index < -0.39 is 20.3 Å². The minimum Gasteiger partial charge on any atom is -0.798 e. The monoisotopic (exact) mass is 605 g/mol. The van der Waals surface area contributed by atoms with E-state index in [1.165, 1.54) is 13.8 Å². The molecule has 3 N–H and O–H groups in total. The summed E-state index contributed by atoms with van der Waals surface area (Å²) in [6.07, 6.45) is -0.381. The Balaban J connectivity index is 0.00000364. The van der Waals surface area contributed by atoms with Gasteiger partial charge in [-0.2, -0.15) is 0 Å². The largest absolute Gasteiger partial charge is 2.00 e. The fraction of sp³-hybridized carbons (Fsp3) is 0.368. The molecule has 0 spiro atoms. The van der Waals surface area contributed by atoms with Gasteiger partial charge in [-0.15, -0.1) is 0 Å². The van der Waals surface area contributed by atoms with Gasteiger partial charge in [-0.05, 0) is 23.5 Å². The minimum absolute atomic E-state index is 0. The molecule has 158 valence electrons.